The maximum absolute atomic E-state index is 12.7. The van der Waals surface area contributed by atoms with Gasteiger partial charge < -0.3 is 10.2 Å². The molecular weight excluding hydrogens is 638 g/mol. The lowest BCUT2D eigenvalue weighted by molar-refractivity contribution is -0.207. The number of amides is 2. The normalized spacial score (nSPS) is 14.8. The van der Waals surface area contributed by atoms with Crippen LogP contribution in [0, 0.1) is 0 Å². The van der Waals surface area contributed by atoms with Crippen LogP contribution in [0.15, 0.2) is 88.7 Å². The third-order valence-electron chi connectivity index (χ3n) is 7.01. The van der Waals surface area contributed by atoms with Gasteiger partial charge in [-0.05, 0) is 35.4 Å². The number of anilines is 1. The van der Waals surface area contributed by atoms with E-state index in [9.17, 15) is 9.59 Å². The molecule has 0 radical (unpaired) electrons. The van der Waals surface area contributed by atoms with Gasteiger partial charge in [0.05, 0.1) is 11.7 Å². The molecule has 218 valence electrons. The summed E-state index contributed by atoms with van der Waals surface area (Å²) in [5.41, 5.74) is 4.13. The summed E-state index contributed by atoms with van der Waals surface area (Å²) in [6, 6.07) is 26.3. The topological polar surface area (TPSA) is 78.0 Å². The molecule has 0 saturated carbocycles. The van der Waals surface area contributed by atoms with Gasteiger partial charge in [0, 0.05) is 53.5 Å². The molecule has 8 nitrogen and oxygen atoms in total. The number of benzene rings is 3. The molecule has 1 saturated heterocycles. The molecule has 1 aliphatic rings. The van der Waals surface area contributed by atoms with Crippen LogP contribution in [-0.4, -0.2) is 71.1 Å². The Kier molecular flexibility index (Phi) is 10.4. The number of hydrogen-bond acceptors (Lipinski definition) is 7. The lowest BCUT2D eigenvalue weighted by Crippen LogP contribution is -2.49. The fourth-order valence-electron chi connectivity index (χ4n) is 4.80. The van der Waals surface area contributed by atoms with Crippen molar-refractivity contribution >= 4 is 55.8 Å². The van der Waals surface area contributed by atoms with E-state index in [4.69, 9.17) is 16.4 Å². The van der Waals surface area contributed by atoms with Crippen molar-refractivity contribution in [3.8, 4) is 11.3 Å². The fourth-order valence-corrected chi connectivity index (χ4v) is 5.93. The average Bonchev–Trinajstić information content (AvgIpc) is 3.46. The van der Waals surface area contributed by atoms with Crippen LogP contribution < -0.4 is 5.32 Å². The van der Waals surface area contributed by atoms with Crippen molar-refractivity contribution in [3.05, 3.63) is 105 Å². The van der Waals surface area contributed by atoms with E-state index in [0.717, 1.165) is 28.8 Å². The molecule has 0 aliphatic carbocycles. The highest BCUT2D eigenvalue weighted by Gasteiger charge is 2.27. The molecule has 1 aliphatic heterocycles. The molecule has 42 heavy (non-hydrogen) atoms. The molecular formula is C31H31BrClN5O3S. The van der Waals surface area contributed by atoms with E-state index >= 15 is 0 Å². The summed E-state index contributed by atoms with van der Waals surface area (Å²) in [6.07, 6.45) is 0. The summed E-state index contributed by atoms with van der Waals surface area (Å²) >= 11 is 10.9. The summed E-state index contributed by atoms with van der Waals surface area (Å²) in [7, 11) is 0. The Morgan fingerprint density at radius 2 is 1.67 bits per heavy atom. The maximum Gasteiger partial charge on any atom is 0.245 e. The van der Waals surface area contributed by atoms with Crippen LogP contribution in [0.1, 0.15) is 24.1 Å². The van der Waals surface area contributed by atoms with Gasteiger partial charge in [-0.25, -0.2) is 4.98 Å². The van der Waals surface area contributed by atoms with Crippen LogP contribution in [0.4, 0.5) is 5.13 Å². The van der Waals surface area contributed by atoms with Crippen molar-refractivity contribution < 1.29 is 14.4 Å². The van der Waals surface area contributed by atoms with Crippen LogP contribution >= 0.6 is 38.9 Å². The highest BCUT2D eigenvalue weighted by molar-refractivity contribution is 9.10. The monoisotopic (exact) mass is 667 g/mol. The second-order valence-electron chi connectivity index (χ2n) is 9.90. The van der Waals surface area contributed by atoms with Gasteiger partial charge in [0.2, 0.25) is 11.8 Å². The third kappa shape index (κ3) is 8.03. The predicted molar refractivity (Wildman–Crippen MR) is 170 cm³/mol. The van der Waals surface area contributed by atoms with Gasteiger partial charge in [-0.15, -0.1) is 11.3 Å². The zero-order chi connectivity index (χ0) is 29.5. The van der Waals surface area contributed by atoms with E-state index in [1.165, 1.54) is 34.3 Å². The van der Waals surface area contributed by atoms with Gasteiger partial charge in [0.1, 0.15) is 13.3 Å². The number of halogens is 2. The molecule has 1 unspecified atom stereocenters. The van der Waals surface area contributed by atoms with Gasteiger partial charge in [-0.1, -0.05) is 82.1 Å². The van der Waals surface area contributed by atoms with Crippen LogP contribution in [0.2, 0.25) is 5.02 Å². The molecule has 1 N–H and O–H groups in total. The van der Waals surface area contributed by atoms with Crippen molar-refractivity contribution in [1.29, 1.82) is 0 Å². The Bertz CT molecular complexity index is 1480. The van der Waals surface area contributed by atoms with Crippen molar-refractivity contribution in [1.82, 2.24) is 19.8 Å². The molecule has 0 bridgehead atoms. The number of piperazine rings is 1. The molecule has 1 atom stereocenters. The first-order chi connectivity index (χ1) is 20.4. The molecule has 11 heteroatoms. The predicted octanol–water partition coefficient (Wildman–Crippen LogP) is 6.31. The number of nitrogens with zero attached hydrogens (tertiary/aromatic N) is 4. The van der Waals surface area contributed by atoms with Gasteiger partial charge >= 0.3 is 0 Å². The van der Waals surface area contributed by atoms with Crippen LogP contribution in [-0.2, 0) is 14.4 Å². The fraction of sp³-hybridized carbons (Fsp3) is 0.258. The first kappa shape index (κ1) is 30.3. The molecule has 1 fully saturated rings. The van der Waals surface area contributed by atoms with Crippen molar-refractivity contribution in [2.24, 2.45) is 0 Å². The minimum Gasteiger partial charge on any atom is -0.308 e. The second kappa shape index (κ2) is 14.4. The molecule has 2 heterocycles. The summed E-state index contributed by atoms with van der Waals surface area (Å²) in [5, 5.41) is 7.74. The van der Waals surface area contributed by atoms with Crippen LogP contribution in [0.3, 0.4) is 0 Å². The standard InChI is InChI=1S/C31H31BrClN5O3S/c1-22(39)37(19-29(40)35-31-34-28(20-42-31)23-7-11-26(32)12-8-23)21-41-38-17-15-36(16-18-38)30(24-5-3-2-4-6-24)25-9-13-27(33)14-10-25/h2-14,20,30H,15-19,21H2,1H3,(H,34,35,40). The quantitative estimate of drug-likeness (QED) is 0.200. The van der Waals surface area contributed by atoms with Gasteiger partial charge in [0.15, 0.2) is 5.13 Å². The highest BCUT2D eigenvalue weighted by atomic mass is 79.9. The van der Waals surface area contributed by atoms with E-state index < -0.39 is 0 Å². The van der Waals surface area contributed by atoms with Crippen molar-refractivity contribution in [2.75, 3.05) is 44.8 Å². The Morgan fingerprint density at radius 1 is 1.00 bits per heavy atom. The maximum atomic E-state index is 12.7. The summed E-state index contributed by atoms with van der Waals surface area (Å²) in [6.45, 7) is 4.15. The lowest BCUT2D eigenvalue weighted by Gasteiger charge is -2.39. The van der Waals surface area contributed by atoms with E-state index in [1.807, 2.05) is 52.9 Å². The molecule has 2 amide bonds. The molecule has 3 aromatic carbocycles. The molecule has 0 spiro atoms. The Hall–Kier alpha value is -3.12. The smallest absolute Gasteiger partial charge is 0.245 e. The number of nitrogens with one attached hydrogen (secondary N) is 1. The SMILES string of the molecule is CC(=O)N(CON1CCN(C(c2ccccc2)c2ccc(Cl)cc2)CC1)CC(=O)Nc1nc(-c2ccc(Br)cc2)cs1. The highest BCUT2D eigenvalue weighted by Crippen LogP contribution is 2.30. The van der Waals surface area contributed by atoms with Gasteiger partial charge in [0.25, 0.3) is 0 Å². The van der Waals surface area contributed by atoms with Crippen molar-refractivity contribution in [3.63, 3.8) is 0 Å². The number of rotatable bonds is 10. The van der Waals surface area contributed by atoms with E-state index in [2.05, 4.69) is 67.5 Å². The van der Waals surface area contributed by atoms with E-state index in [0.29, 0.717) is 23.2 Å². The number of hydrogen-bond donors (Lipinski definition) is 1. The number of hydroxylamine groups is 2. The molecule has 5 rings (SSSR count). The number of aromatic nitrogens is 1. The number of carbonyl (C=O) groups is 2. The van der Waals surface area contributed by atoms with Crippen LogP contribution in [0.5, 0.6) is 0 Å². The molecule has 1 aromatic heterocycles. The summed E-state index contributed by atoms with van der Waals surface area (Å²) < 4.78 is 0.984. The third-order valence-corrected chi connectivity index (χ3v) is 8.54. The summed E-state index contributed by atoms with van der Waals surface area (Å²) in [5.74, 6) is -0.575. The van der Waals surface area contributed by atoms with E-state index in [-0.39, 0.29) is 31.1 Å². The number of carbonyl (C=O) groups excluding carboxylic acids is 2. The zero-order valence-corrected chi connectivity index (χ0v) is 26.2. The first-order valence-corrected chi connectivity index (χ1v) is 15.6. The second-order valence-corrected chi connectivity index (χ2v) is 12.1. The van der Waals surface area contributed by atoms with Crippen LogP contribution in [0.25, 0.3) is 11.3 Å². The summed E-state index contributed by atoms with van der Waals surface area (Å²) in [4.78, 5) is 39.4. The Morgan fingerprint density at radius 3 is 2.33 bits per heavy atom. The number of thiazole rings is 1. The zero-order valence-electron chi connectivity index (χ0n) is 23.1. The minimum absolute atomic E-state index is 0.00986. The van der Waals surface area contributed by atoms with Gasteiger partial charge in [-0.3, -0.25) is 19.3 Å². The van der Waals surface area contributed by atoms with Gasteiger partial charge in [-0.2, -0.15) is 5.06 Å². The molecule has 4 aromatic rings. The average molecular weight is 669 g/mol. The minimum atomic E-state index is -0.330. The largest absolute Gasteiger partial charge is 0.308 e. The lowest BCUT2D eigenvalue weighted by atomic mass is 9.96. The Balaban J connectivity index is 1.13. The van der Waals surface area contributed by atoms with E-state index in [1.54, 1.807) is 0 Å². The first-order valence-electron chi connectivity index (χ1n) is 13.5. The Labute approximate surface area is 262 Å². The van der Waals surface area contributed by atoms with Crippen molar-refractivity contribution in [2.45, 2.75) is 13.0 Å².